The van der Waals surface area contributed by atoms with Gasteiger partial charge in [0.15, 0.2) is 5.65 Å². The van der Waals surface area contributed by atoms with Crippen LogP contribution in [0.5, 0.6) is 5.75 Å². The molecule has 0 aliphatic heterocycles. The number of H-pyrrole nitrogens is 1. The number of methoxy groups -OCH3 is 1. The van der Waals surface area contributed by atoms with E-state index in [1.807, 2.05) is 25.1 Å². The zero-order chi connectivity index (χ0) is 13.4. The van der Waals surface area contributed by atoms with Gasteiger partial charge in [0.2, 0.25) is 0 Å². The van der Waals surface area contributed by atoms with E-state index < -0.39 is 0 Å². The maximum Gasteiger partial charge on any atom is 0.270 e. The molecule has 3 aromatic rings. The zero-order valence-corrected chi connectivity index (χ0v) is 11.2. The van der Waals surface area contributed by atoms with Crippen LogP contribution in [0.25, 0.3) is 21.7 Å². The molecule has 0 bridgehead atoms. The number of nitrogens with one attached hydrogen (secondary N) is 1. The molecular weight excluding hydrogens is 262 g/mol. The molecule has 0 radical (unpaired) electrons. The van der Waals surface area contributed by atoms with Crippen molar-refractivity contribution < 1.29 is 4.74 Å². The monoisotopic (exact) mass is 273 g/mol. The van der Waals surface area contributed by atoms with Gasteiger partial charge in [-0.15, -0.1) is 11.3 Å². The summed E-state index contributed by atoms with van der Waals surface area (Å²) in [6, 6.07) is 5.64. The molecule has 0 amide bonds. The Bertz CT molecular complexity index is 807. The fourth-order valence-corrected chi connectivity index (χ4v) is 2.61. The van der Waals surface area contributed by atoms with Crippen molar-refractivity contribution >= 4 is 21.7 Å². The summed E-state index contributed by atoms with van der Waals surface area (Å²) in [6.45, 7) is 1.93. The van der Waals surface area contributed by atoms with Crippen LogP contribution in [0.4, 0.5) is 0 Å². The average molecular weight is 273 g/mol. The smallest absolute Gasteiger partial charge is 0.270 e. The highest BCUT2D eigenvalue weighted by Gasteiger charge is 2.11. The maximum absolute atomic E-state index is 11.9. The summed E-state index contributed by atoms with van der Waals surface area (Å²) in [5, 5.41) is 0. The Morgan fingerprint density at radius 2 is 2.21 bits per heavy atom. The summed E-state index contributed by atoms with van der Waals surface area (Å²) in [7, 11) is 1.62. The minimum absolute atomic E-state index is 0.162. The summed E-state index contributed by atoms with van der Waals surface area (Å²) < 4.78 is 5.82. The lowest BCUT2D eigenvalue weighted by Crippen LogP contribution is -2.08. The molecule has 3 rings (SSSR count). The second-order valence-electron chi connectivity index (χ2n) is 4.05. The number of benzene rings is 1. The molecule has 1 aromatic carbocycles. The minimum atomic E-state index is -0.162. The van der Waals surface area contributed by atoms with Crippen molar-refractivity contribution in [2.24, 2.45) is 0 Å². The highest BCUT2D eigenvalue weighted by Crippen LogP contribution is 2.27. The number of aromatic amines is 1. The van der Waals surface area contributed by atoms with Crippen molar-refractivity contribution in [2.75, 3.05) is 7.11 Å². The lowest BCUT2D eigenvalue weighted by atomic mass is 10.1. The van der Waals surface area contributed by atoms with Crippen LogP contribution in [0.1, 0.15) is 5.56 Å². The van der Waals surface area contributed by atoms with E-state index in [9.17, 15) is 4.79 Å². The number of nitrogens with zero attached hydrogens (tertiary/aromatic N) is 2. The van der Waals surface area contributed by atoms with Gasteiger partial charge >= 0.3 is 0 Å². The molecule has 0 spiro atoms. The molecular formula is C13H11N3O2S. The van der Waals surface area contributed by atoms with E-state index in [2.05, 4.69) is 15.0 Å². The van der Waals surface area contributed by atoms with Crippen molar-refractivity contribution in [1.29, 1.82) is 0 Å². The van der Waals surface area contributed by atoms with E-state index in [0.717, 1.165) is 16.9 Å². The molecule has 2 heterocycles. The molecule has 0 fully saturated rings. The number of ether oxygens (including phenoxy) is 1. The van der Waals surface area contributed by atoms with E-state index in [1.165, 1.54) is 11.3 Å². The fourth-order valence-electron chi connectivity index (χ4n) is 1.99. The van der Waals surface area contributed by atoms with E-state index in [1.54, 1.807) is 12.6 Å². The Balaban J connectivity index is 2.27. The van der Waals surface area contributed by atoms with Gasteiger partial charge in [-0.05, 0) is 13.0 Å². The number of hydrogen-bond donors (Lipinski definition) is 1. The number of thiazole rings is 1. The molecule has 0 saturated carbocycles. The van der Waals surface area contributed by atoms with Crippen LogP contribution in [-0.2, 0) is 0 Å². The molecule has 2 aromatic heterocycles. The van der Waals surface area contributed by atoms with Gasteiger partial charge in [-0.2, -0.15) is 0 Å². The van der Waals surface area contributed by atoms with Gasteiger partial charge < -0.3 is 9.72 Å². The normalized spacial score (nSPS) is 10.8. The summed E-state index contributed by atoms with van der Waals surface area (Å²) in [5.41, 5.74) is 3.71. The molecule has 0 aliphatic rings. The molecule has 0 aliphatic carbocycles. The highest BCUT2D eigenvalue weighted by molar-refractivity contribution is 7.16. The molecule has 19 heavy (non-hydrogen) atoms. The van der Waals surface area contributed by atoms with Crippen LogP contribution < -0.4 is 10.3 Å². The van der Waals surface area contributed by atoms with Gasteiger partial charge in [-0.1, -0.05) is 12.1 Å². The highest BCUT2D eigenvalue weighted by atomic mass is 32.1. The number of aromatic nitrogens is 3. The first-order chi connectivity index (χ1) is 9.20. The molecule has 0 unspecified atom stereocenters. The van der Waals surface area contributed by atoms with Crippen molar-refractivity contribution in [3.8, 4) is 17.1 Å². The summed E-state index contributed by atoms with van der Waals surface area (Å²) in [6.07, 6.45) is 0. The van der Waals surface area contributed by atoms with E-state index in [4.69, 9.17) is 4.74 Å². The summed E-state index contributed by atoms with van der Waals surface area (Å²) in [4.78, 5) is 23.2. The third-order valence-electron chi connectivity index (χ3n) is 2.96. The second kappa shape index (κ2) is 4.47. The maximum atomic E-state index is 11.9. The van der Waals surface area contributed by atoms with Crippen LogP contribution in [0, 0.1) is 6.92 Å². The molecule has 6 heteroatoms. The number of fused-ring (bicyclic) bond motifs is 1. The Hall–Kier alpha value is -2.21. The first kappa shape index (κ1) is 11.9. The fraction of sp³-hybridized carbons (Fsp3) is 0.154. The van der Waals surface area contributed by atoms with E-state index in [0.29, 0.717) is 16.2 Å². The van der Waals surface area contributed by atoms with Gasteiger partial charge in [0.25, 0.3) is 5.56 Å². The van der Waals surface area contributed by atoms with Crippen LogP contribution in [-0.4, -0.2) is 22.1 Å². The standard InChI is InChI=1S/C13H11N3O2S/c1-7-8(4-3-5-9(7)18-2)11-15-12-10(13(17)16-11)19-6-14-12/h3-6H,1-2H3,(H,15,16,17). The number of rotatable bonds is 2. The molecule has 1 N–H and O–H groups in total. The largest absolute Gasteiger partial charge is 0.496 e. The van der Waals surface area contributed by atoms with Crippen LogP contribution in [0.15, 0.2) is 28.5 Å². The SMILES string of the molecule is COc1cccc(-c2nc3ncsc3c(=O)[nH]2)c1C. The van der Waals surface area contributed by atoms with Crippen molar-refractivity contribution in [2.45, 2.75) is 6.92 Å². The van der Waals surface area contributed by atoms with Crippen molar-refractivity contribution in [3.63, 3.8) is 0 Å². The number of hydrogen-bond acceptors (Lipinski definition) is 5. The topological polar surface area (TPSA) is 67.9 Å². The lowest BCUT2D eigenvalue weighted by molar-refractivity contribution is 0.412. The Kier molecular flexibility index (Phi) is 2.79. The Morgan fingerprint density at radius 1 is 1.37 bits per heavy atom. The first-order valence-corrected chi connectivity index (χ1v) is 6.56. The Labute approximate surface area is 112 Å². The van der Waals surface area contributed by atoms with Gasteiger partial charge in [-0.25, -0.2) is 9.97 Å². The third kappa shape index (κ3) is 1.90. The predicted molar refractivity (Wildman–Crippen MR) is 74.8 cm³/mol. The Morgan fingerprint density at radius 3 is 3.00 bits per heavy atom. The summed E-state index contributed by atoms with van der Waals surface area (Å²) >= 11 is 1.29. The van der Waals surface area contributed by atoms with E-state index in [-0.39, 0.29) is 5.56 Å². The minimum Gasteiger partial charge on any atom is -0.496 e. The average Bonchev–Trinajstić information content (AvgIpc) is 2.88. The van der Waals surface area contributed by atoms with Gasteiger partial charge in [-0.3, -0.25) is 4.79 Å². The quantitative estimate of drug-likeness (QED) is 0.778. The predicted octanol–water partition coefficient (Wildman–Crippen LogP) is 2.36. The molecule has 0 atom stereocenters. The van der Waals surface area contributed by atoms with Gasteiger partial charge in [0, 0.05) is 11.1 Å². The molecule has 96 valence electrons. The van der Waals surface area contributed by atoms with Crippen LogP contribution >= 0.6 is 11.3 Å². The van der Waals surface area contributed by atoms with Crippen LogP contribution in [0.2, 0.25) is 0 Å². The van der Waals surface area contributed by atoms with E-state index >= 15 is 0 Å². The molecule has 0 saturated heterocycles. The second-order valence-corrected chi connectivity index (χ2v) is 4.91. The summed E-state index contributed by atoms with van der Waals surface area (Å²) in [5.74, 6) is 1.28. The van der Waals surface area contributed by atoms with Crippen molar-refractivity contribution in [3.05, 3.63) is 39.6 Å². The lowest BCUT2D eigenvalue weighted by Gasteiger charge is -2.09. The van der Waals surface area contributed by atoms with Gasteiger partial charge in [0.1, 0.15) is 16.3 Å². The van der Waals surface area contributed by atoms with Gasteiger partial charge in [0.05, 0.1) is 12.6 Å². The van der Waals surface area contributed by atoms with Crippen LogP contribution in [0.3, 0.4) is 0 Å². The van der Waals surface area contributed by atoms with Crippen molar-refractivity contribution in [1.82, 2.24) is 15.0 Å². The zero-order valence-electron chi connectivity index (χ0n) is 10.4. The first-order valence-electron chi connectivity index (χ1n) is 5.68. The third-order valence-corrected chi connectivity index (χ3v) is 3.78. The molecule has 5 nitrogen and oxygen atoms in total.